The van der Waals surface area contributed by atoms with Crippen LogP contribution in [0.5, 0.6) is 5.75 Å². The van der Waals surface area contributed by atoms with Gasteiger partial charge in [-0.1, -0.05) is 24.3 Å². The minimum atomic E-state index is -1.50. The van der Waals surface area contributed by atoms with E-state index in [1.54, 1.807) is 12.1 Å². The summed E-state index contributed by atoms with van der Waals surface area (Å²) in [6.45, 7) is 0. The van der Waals surface area contributed by atoms with Crippen molar-refractivity contribution in [1.29, 1.82) is 0 Å². The van der Waals surface area contributed by atoms with Crippen LogP contribution in [0.4, 0.5) is 18.3 Å². The number of hydrogen-bond acceptors (Lipinski definition) is 4. The van der Waals surface area contributed by atoms with E-state index < -0.39 is 17.5 Å². The number of aromatic nitrogens is 1. The number of nitrogens with zero attached hydrogens (tertiary/aromatic N) is 1. The minimum absolute atomic E-state index is 0.0180. The van der Waals surface area contributed by atoms with Crippen molar-refractivity contribution in [2.75, 3.05) is 12.4 Å². The van der Waals surface area contributed by atoms with Crippen LogP contribution in [0, 0.1) is 17.5 Å². The molecular formula is C19H15F3N2O2S. The molecule has 4 nitrogen and oxygen atoms in total. The van der Waals surface area contributed by atoms with Crippen LogP contribution in [0.25, 0.3) is 0 Å². The Hall–Kier alpha value is -2.87. The molecule has 1 N–H and O–H groups in total. The first-order chi connectivity index (χ1) is 13.0. The number of carbonyl (C=O) groups is 1. The van der Waals surface area contributed by atoms with Gasteiger partial charge < -0.3 is 10.1 Å². The Kier molecular flexibility index (Phi) is 5.75. The van der Waals surface area contributed by atoms with E-state index in [1.807, 2.05) is 12.1 Å². The first kappa shape index (κ1) is 18.9. The molecule has 3 aromatic rings. The summed E-state index contributed by atoms with van der Waals surface area (Å²) in [6.07, 6.45) is 1.61. The molecule has 0 fully saturated rings. The van der Waals surface area contributed by atoms with Crippen molar-refractivity contribution in [3.8, 4) is 5.75 Å². The molecule has 0 aliphatic heterocycles. The Morgan fingerprint density at radius 2 is 1.89 bits per heavy atom. The quantitative estimate of drug-likeness (QED) is 0.635. The third-order valence-electron chi connectivity index (χ3n) is 3.82. The maximum absolute atomic E-state index is 13.8. The molecule has 8 heteroatoms. The highest BCUT2D eigenvalue weighted by atomic mass is 32.1. The minimum Gasteiger partial charge on any atom is -0.496 e. The van der Waals surface area contributed by atoms with E-state index in [1.165, 1.54) is 19.4 Å². The maximum Gasteiger partial charge on any atom is 0.230 e. The second-order valence-corrected chi connectivity index (χ2v) is 6.79. The van der Waals surface area contributed by atoms with Gasteiger partial charge in [-0.05, 0) is 17.7 Å². The molecule has 1 heterocycles. The van der Waals surface area contributed by atoms with Crippen LogP contribution in [-0.2, 0) is 17.6 Å². The predicted molar refractivity (Wildman–Crippen MR) is 96.6 cm³/mol. The van der Waals surface area contributed by atoms with Gasteiger partial charge in [0.15, 0.2) is 22.6 Å². The summed E-state index contributed by atoms with van der Waals surface area (Å²) in [6, 6.07) is 9.24. The van der Waals surface area contributed by atoms with Crippen molar-refractivity contribution in [2.24, 2.45) is 0 Å². The van der Waals surface area contributed by atoms with Gasteiger partial charge in [0, 0.05) is 23.1 Å². The van der Waals surface area contributed by atoms with Crippen LogP contribution in [0.3, 0.4) is 0 Å². The van der Waals surface area contributed by atoms with E-state index in [-0.39, 0.29) is 24.3 Å². The fraction of sp³-hybridized carbons (Fsp3) is 0.158. The van der Waals surface area contributed by atoms with Crippen LogP contribution in [0.2, 0.25) is 0 Å². The SMILES string of the molecule is COc1ccccc1CC(=O)Nc1ncc(Cc2ccc(F)c(F)c2F)s1. The first-order valence-electron chi connectivity index (χ1n) is 7.96. The average molecular weight is 392 g/mol. The van der Waals surface area contributed by atoms with Crippen molar-refractivity contribution < 1.29 is 22.7 Å². The highest BCUT2D eigenvalue weighted by Gasteiger charge is 2.15. The highest BCUT2D eigenvalue weighted by molar-refractivity contribution is 7.15. The number of methoxy groups -OCH3 is 1. The number of thiazole rings is 1. The number of carbonyl (C=O) groups excluding carboxylic acids is 1. The summed E-state index contributed by atoms with van der Waals surface area (Å²) in [5.74, 6) is -3.61. The van der Waals surface area contributed by atoms with Crippen molar-refractivity contribution in [3.63, 3.8) is 0 Å². The molecule has 2 aromatic carbocycles. The zero-order valence-electron chi connectivity index (χ0n) is 14.3. The number of para-hydroxylation sites is 1. The lowest BCUT2D eigenvalue weighted by Crippen LogP contribution is -2.14. The van der Waals surface area contributed by atoms with Crippen LogP contribution in [0.1, 0.15) is 16.0 Å². The Balaban J connectivity index is 1.66. The van der Waals surface area contributed by atoms with Gasteiger partial charge >= 0.3 is 0 Å². The third-order valence-corrected chi connectivity index (χ3v) is 4.74. The molecule has 1 aromatic heterocycles. The standard InChI is InChI=1S/C19H15F3N2O2S/c1-26-15-5-3-2-4-11(15)9-16(25)24-19-23-10-13(27-19)8-12-6-7-14(20)18(22)17(12)21/h2-7,10H,8-9H2,1H3,(H,23,24,25). The molecule has 3 rings (SSSR count). The van der Waals surface area contributed by atoms with Crippen molar-refractivity contribution >= 4 is 22.4 Å². The average Bonchev–Trinajstić information content (AvgIpc) is 3.09. The molecule has 0 aliphatic carbocycles. The van der Waals surface area contributed by atoms with Gasteiger partial charge in [-0.2, -0.15) is 0 Å². The van der Waals surface area contributed by atoms with Crippen LogP contribution in [-0.4, -0.2) is 18.0 Å². The number of amides is 1. The summed E-state index contributed by atoms with van der Waals surface area (Å²) in [7, 11) is 1.53. The van der Waals surface area contributed by atoms with Crippen LogP contribution < -0.4 is 10.1 Å². The summed E-state index contributed by atoms with van der Waals surface area (Å²) >= 11 is 1.14. The van der Waals surface area contributed by atoms with E-state index in [4.69, 9.17) is 4.74 Å². The van der Waals surface area contributed by atoms with Crippen LogP contribution in [0.15, 0.2) is 42.6 Å². The van der Waals surface area contributed by atoms with Gasteiger partial charge in [-0.25, -0.2) is 18.2 Å². The molecule has 0 saturated carbocycles. The number of anilines is 1. The molecule has 0 saturated heterocycles. The molecule has 0 atom stereocenters. The topological polar surface area (TPSA) is 51.2 Å². The Morgan fingerprint density at radius 1 is 1.11 bits per heavy atom. The van der Waals surface area contributed by atoms with Gasteiger partial charge in [-0.15, -0.1) is 11.3 Å². The molecule has 27 heavy (non-hydrogen) atoms. The fourth-order valence-electron chi connectivity index (χ4n) is 2.52. The predicted octanol–water partition coefficient (Wildman–Crippen LogP) is 4.34. The number of ether oxygens (including phenoxy) is 1. The lowest BCUT2D eigenvalue weighted by Gasteiger charge is -2.07. The number of rotatable bonds is 6. The molecule has 0 unspecified atom stereocenters. The Labute approximate surface area is 157 Å². The van der Waals surface area contributed by atoms with E-state index in [9.17, 15) is 18.0 Å². The Bertz CT molecular complexity index is 975. The van der Waals surface area contributed by atoms with Crippen molar-refractivity contribution in [1.82, 2.24) is 4.98 Å². The van der Waals surface area contributed by atoms with Crippen molar-refractivity contribution in [3.05, 3.63) is 76.1 Å². The van der Waals surface area contributed by atoms with E-state index in [2.05, 4.69) is 10.3 Å². The zero-order valence-corrected chi connectivity index (χ0v) is 15.1. The number of hydrogen-bond donors (Lipinski definition) is 1. The Morgan fingerprint density at radius 3 is 2.67 bits per heavy atom. The summed E-state index contributed by atoms with van der Waals surface area (Å²) in [4.78, 5) is 16.9. The second kappa shape index (κ2) is 8.22. The van der Waals surface area contributed by atoms with E-state index in [0.717, 1.165) is 23.0 Å². The molecular weight excluding hydrogens is 377 g/mol. The number of nitrogens with one attached hydrogen (secondary N) is 1. The van der Waals surface area contributed by atoms with E-state index >= 15 is 0 Å². The molecule has 0 spiro atoms. The van der Waals surface area contributed by atoms with E-state index in [0.29, 0.717) is 15.8 Å². The van der Waals surface area contributed by atoms with Crippen LogP contribution >= 0.6 is 11.3 Å². The lowest BCUT2D eigenvalue weighted by atomic mass is 10.1. The molecule has 0 radical (unpaired) electrons. The number of halogens is 3. The largest absolute Gasteiger partial charge is 0.496 e. The lowest BCUT2D eigenvalue weighted by molar-refractivity contribution is -0.115. The molecule has 140 valence electrons. The first-order valence-corrected chi connectivity index (χ1v) is 8.78. The zero-order chi connectivity index (χ0) is 19.4. The summed E-state index contributed by atoms with van der Waals surface area (Å²) < 4.78 is 45.3. The van der Waals surface area contributed by atoms with Gasteiger partial charge in [0.05, 0.1) is 13.5 Å². The number of benzene rings is 2. The van der Waals surface area contributed by atoms with Gasteiger partial charge in [-0.3, -0.25) is 4.79 Å². The summed E-state index contributed by atoms with van der Waals surface area (Å²) in [5.41, 5.74) is 0.752. The fourth-order valence-corrected chi connectivity index (χ4v) is 3.37. The second-order valence-electron chi connectivity index (χ2n) is 5.68. The van der Waals surface area contributed by atoms with Gasteiger partial charge in [0.1, 0.15) is 5.75 Å². The normalized spacial score (nSPS) is 10.7. The van der Waals surface area contributed by atoms with Gasteiger partial charge in [0.25, 0.3) is 0 Å². The highest BCUT2D eigenvalue weighted by Crippen LogP contribution is 2.25. The smallest absolute Gasteiger partial charge is 0.230 e. The maximum atomic E-state index is 13.8. The molecule has 0 aliphatic rings. The van der Waals surface area contributed by atoms with Crippen molar-refractivity contribution in [2.45, 2.75) is 12.8 Å². The third kappa shape index (κ3) is 4.46. The monoisotopic (exact) mass is 392 g/mol. The summed E-state index contributed by atoms with van der Waals surface area (Å²) in [5, 5.41) is 3.01. The molecule has 1 amide bonds. The molecule has 0 bridgehead atoms. The van der Waals surface area contributed by atoms with Gasteiger partial charge in [0.2, 0.25) is 5.91 Å².